The second-order valence-electron chi connectivity index (χ2n) is 5.17. The van der Waals surface area contributed by atoms with Gasteiger partial charge in [-0.25, -0.2) is 0 Å². The Morgan fingerprint density at radius 2 is 2.21 bits per heavy atom. The Hall–Kier alpha value is -1.82. The summed E-state index contributed by atoms with van der Waals surface area (Å²) in [5.41, 5.74) is 6.23. The number of nitrogens with zero attached hydrogens (tertiary/aromatic N) is 3. The zero-order valence-electron chi connectivity index (χ0n) is 11.1. The van der Waals surface area contributed by atoms with Crippen LogP contribution in [-0.2, 0) is 0 Å². The van der Waals surface area contributed by atoms with E-state index in [9.17, 15) is 5.11 Å². The van der Waals surface area contributed by atoms with E-state index in [0.29, 0.717) is 12.2 Å². The van der Waals surface area contributed by atoms with Gasteiger partial charge in [0.2, 0.25) is 0 Å². The summed E-state index contributed by atoms with van der Waals surface area (Å²) in [6.45, 7) is 0.576. The molecule has 0 unspecified atom stereocenters. The Bertz CT molecular complexity index is 469. The fourth-order valence-corrected chi connectivity index (χ4v) is 2.57. The number of pyridine rings is 1. The summed E-state index contributed by atoms with van der Waals surface area (Å²) < 4.78 is 0. The highest BCUT2D eigenvalue weighted by Gasteiger charge is 2.32. The zero-order chi connectivity index (χ0) is 13.9. The smallest absolute Gasteiger partial charge is 0.188 e. The molecule has 6 nitrogen and oxygen atoms in total. The topological polar surface area (TPSA) is 95.0 Å². The van der Waals surface area contributed by atoms with E-state index in [0.717, 1.165) is 31.4 Å². The van der Waals surface area contributed by atoms with E-state index < -0.39 is 5.60 Å². The number of aliphatic hydroxyl groups is 1. The molecule has 0 aliphatic heterocycles. The monoisotopic (exact) mass is 264 g/mol. The average Bonchev–Trinajstić information content (AvgIpc) is 2.84. The quantitative estimate of drug-likeness (QED) is 0.325. The molecule has 0 saturated heterocycles. The number of anilines is 1. The number of amidine groups is 1. The molecule has 0 radical (unpaired) electrons. The van der Waals surface area contributed by atoms with Crippen LogP contribution in [0.3, 0.4) is 0 Å². The number of rotatable bonds is 4. The number of likely N-dealkylation sites (N-methyl/N-ethyl adjacent to an activating group) is 1. The maximum absolute atomic E-state index is 10.4. The zero-order valence-corrected chi connectivity index (χ0v) is 11.1. The van der Waals surface area contributed by atoms with Gasteiger partial charge in [-0.1, -0.05) is 18.0 Å². The molecule has 1 aliphatic carbocycles. The predicted molar refractivity (Wildman–Crippen MR) is 73.4 cm³/mol. The van der Waals surface area contributed by atoms with E-state index in [1.807, 2.05) is 18.0 Å². The van der Waals surface area contributed by atoms with E-state index in [-0.39, 0.29) is 5.84 Å². The van der Waals surface area contributed by atoms with Crippen molar-refractivity contribution in [3.63, 3.8) is 0 Å². The molecule has 2 rings (SSSR count). The Morgan fingerprint density at radius 3 is 2.84 bits per heavy atom. The molecule has 1 aromatic rings. The van der Waals surface area contributed by atoms with Gasteiger partial charge < -0.3 is 20.9 Å². The van der Waals surface area contributed by atoms with Crippen LogP contribution in [0.4, 0.5) is 5.69 Å². The summed E-state index contributed by atoms with van der Waals surface area (Å²) in [5, 5.41) is 22.0. The van der Waals surface area contributed by atoms with E-state index in [1.165, 1.54) is 0 Å². The first-order chi connectivity index (χ1) is 9.04. The van der Waals surface area contributed by atoms with Crippen LogP contribution < -0.4 is 10.6 Å². The third kappa shape index (κ3) is 3.14. The van der Waals surface area contributed by atoms with Crippen LogP contribution in [0.25, 0.3) is 0 Å². The second-order valence-corrected chi connectivity index (χ2v) is 5.17. The van der Waals surface area contributed by atoms with Crippen LogP contribution in [0.15, 0.2) is 23.5 Å². The lowest BCUT2D eigenvalue weighted by Gasteiger charge is -2.30. The molecule has 1 aliphatic rings. The Balaban J connectivity index is 2.12. The standard InChI is InChI=1S/C13H20N4O2/c1-17(9-13(18)5-2-3-6-13)10-4-7-15-11(8-10)12(14)16-19/h4,7-8,18-19H,2-3,5-6,9H2,1H3,(H2,14,16). The number of hydrogen-bond donors (Lipinski definition) is 3. The summed E-state index contributed by atoms with van der Waals surface area (Å²) in [7, 11) is 1.92. The fraction of sp³-hybridized carbons (Fsp3) is 0.538. The first-order valence-corrected chi connectivity index (χ1v) is 6.41. The van der Waals surface area contributed by atoms with Gasteiger partial charge in [0.15, 0.2) is 5.84 Å². The third-order valence-corrected chi connectivity index (χ3v) is 3.62. The van der Waals surface area contributed by atoms with Crippen LogP contribution in [0.1, 0.15) is 31.4 Å². The van der Waals surface area contributed by atoms with Gasteiger partial charge in [-0.05, 0) is 25.0 Å². The molecule has 1 fully saturated rings. The Morgan fingerprint density at radius 1 is 1.53 bits per heavy atom. The van der Waals surface area contributed by atoms with Gasteiger partial charge >= 0.3 is 0 Å². The van der Waals surface area contributed by atoms with Crippen molar-refractivity contribution in [3.8, 4) is 0 Å². The molecule has 19 heavy (non-hydrogen) atoms. The maximum atomic E-state index is 10.4. The van der Waals surface area contributed by atoms with Crippen LogP contribution in [0.5, 0.6) is 0 Å². The molecule has 104 valence electrons. The molecule has 0 aromatic carbocycles. The lowest BCUT2D eigenvalue weighted by molar-refractivity contribution is 0.0559. The predicted octanol–water partition coefficient (Wildman–Crippen LogP) is 0.917. The van der Waals surface area contributed by atoms with Crippen molar-refractivity contribution in [2.45, 2.75) is 31.3 Å². The first-order valence-electron chi connectivity index (χ1n) is 6.41. The van der Waals surface area contributed by atoms with E-state index in [1.54, 1.807) is 12.3 Å². The molecular formula is C13H20N4O2. The van der Waals surface area contributed by atoms with Gasteiger partial charge in [0, 0.05) is 25.5 Å². The molecule has 1 heterocycles. The highest BCUT2D eigenvalue weighted by Crippen LogP contribution is 2.31. The SMILES string of the molecule is CN(CC1(O)CCCC1)c1ccnc(/C(N)=N/O)c1. The molecule has 6 heteroatoms. The fourth-order valence-electron chi connectivity index (χ4n) is 2.57. The van der Waals surface area contributed by atoms with E-state index in [4.69, 9.17) is 10.9 Å². The molecule has 0 atom stereocenters. The van der Waals surface area contributed by atoms with Gasteiger partial charge in [-0.15, -0.1) is 0 Å². The van der Waals surface area contributed by atoms with Crippen molar-refractivity contribution in [2.75, 3.05) is 18.5 Å². The van der Waals surface area contributed by atoms with Crippen LogP contribution >= 0.6 is 0 Å². The highest BCUT2D eigenvalue weighted by molar-refractivity contribution is 5.95. The molecular weight excluding hydrogens is 244 g/mol. The molecule has 0 bridgehead atoms. The van der Waals surface area contributed by atoms with Crippen molar-refractivity contribution in [1.29, 1.82) is 0 Å². The maximum Gasteiger partial charge on any atom is 0.188 e. The van der Waals surface area contributed by atoms with Crippen LogP contribution in [0.2, 0.25) is 0 Å². The minimum atomic E-state index is -0.602. The normalized spacial score (nSPS) is 18.5. The summed E-state index contributed by atoms with van der Waals surface area (Å²) in [6, 6.07) is 3.58. The van der Waals surface area contributed by atoms with Gasteiger partial charge in [0.05, 0.1) is 5.60 Å². The number of nitrogens with two attached hydrogens (primary N) is 1. The molecule has 1 saturated carbocycles. The largest absolute Gasteiger partial charge is 0.409 e. The summed E-state index contributed by atoms with van der Waals surface area (Å²) >= 11 is 0. The van der Waals surface area contributed by atoms with Crippen molar-refractivity contribution in [1.82, 2.24) is 4.98 Å². The van der Waals surface area contributed by atoms with Crippen molar-refractivity contribution in [3.05, 3.63) is 24.0 Å². The van der Waals surface area contributed by atoms with Gasteiger partial charge in [-0.2, -0.15) is 0 Å². The number of aromatic nitrogens is 1. The van der Waals surface area contributed by atoms with Crippen LogP contribution in [0, 0.1) is 0 Å². The van der Waals surface area contributed by atoms with Crippen LogP contribution in [-0.4, -0.2) is 40.3 Å². The Labute approximate surface area is 112 Å². The average molecular weight is 264 g/mol. The minimum Gasteiger partial charge on any atom is -0.409 e. The first kappa shape index (κ1) is 13.6. The lowest BCUT2D eigenvalue weighted by atomic mass is 10.0. The van der Waals surface area contributed by atoms with Gasteiger partial charge in [-0.3, -0.25) is 4.98 Å². The van der Waals surface area contributed by atoms with Gasteiger partial charge in [0.1, 0.15) is 5.69 Å². The summed E-state index contributed by atoms with van der Waals surface area (Å²) in [4.78, 5) is 6.01. The number of hydrogen-bond acceptors (Lipinski definition) is 5. The highest BCUT2D eigenvalue weighted by atomic mass is 16.4. The van der Waals surface area contributed by atoms with E-state index >= 15 is 0 Å². The Kier molecular flexibility index (Phi) is 3.90. The van der Waals surface area contributed by atoms with Crippen molar-refractivity contribution in [2.24, 2.45) is 10.9 Å². The molecule has 0 spiro atoms. The molecule has 1 aromatic heterocycles. The molecule has 0 amide bonds. The number of oxime groups is 1. The lowest BCUT2D eigenvalue weighted by Crippen LogP contribution is -2.39. The summed E-state index contributed by atoms with van der Waals surface area (Å²) in [5.74, 6) is -0.0187. The van der Waals surface area contributed by atoms with Crippen molar-refractivity contribution < 1.29 is 10.3 Å². The third-order valence-electron chi connectivity index (χ3n) is 3.62. The van der Waals surface area contributed by atoms with Gasteiger partial charge in [0.25, 0.3) is 0 Å². The van der Waals surface area contributed by atoms with Crippen molar-refractivity contribution >= 4 is 11.5 Å². The summed E-state index contributed by atoms with van der Waals surface area (Å²) in [6.07, 6.45) is 5.45. The second kappa shape index (κ2) is 5.44. The molecule has 4 N–H and O–H groups in total. The van der Waals surface area contributed by atoms with E-state index in [2.05, 4.69) is 10.1 Å². The minimum absolute atomic E-state index is 0.0187.